The third kappa shape index (κ3) is 4.96. The van der Waals surface area contributed by atoms with Gasteiger partial charge in [-0.3, -0.25) is 9.59 Å². The van der Waals surface area contributed by atoms with Crippen molar-refractivity contribution in [2.75, 3.05) is 5.32 Å². The minimum absolute atomic E-state index is 0.107. The van der Waals surface area contributed by atoms with Crippen LogP contribution in [0.4, 0.5) is 5.69 Å². The Kier molecular flexibility index (Phi) is 5.89. The second-order valence-corrected chi connectivity index (χ2v) is 6.58. The van der Waals surface area contributed by atoms with E-state index in [-0.39, 0.29) is 17.9 Å². The molecule has 0 heterocycles. The fraction of sp³-hybridized carbons (Fsp3) is 0.0909. The van der Waals surface area contributed by atoms with Gasteiger partial charge in [-0.25, -0.2) is 0 Å². The predicted molar refractivity (Wildman–Crippen MR) is 108 cm³/mol. The predicted octanol–water partition coefficient (Wildman–Crippen LogP) is 5.08. The number of carbonyl (C=O) groups excluding carboxylic acids is 2. The van der Waals surface area contributed by atoms with Gasteiger partial charge in [-0.05, 0) is 55.0 Å². The van der Waals surface area contributed by atoms with Crippen molar-refractivity contribution in [3.05, 3.63) is 101 Å². The zero-order chi connectivity index (χ0) is 19.2. The minimum atomic E-state index is -0.262. The molecule has 3 aromatic rings. The molecule has 0 saturated carbocycles. The van der Waals surface area contributed by atoms with Gasteiger partial charge in [0.25, 0.3) is 11.8 Å². The molecule has 3 rings (SSSR count). The average molecular weight is 379 g/mol. The van der Waals surface area contributed by atoms with E-state index in [4.69, 9.17) is 11.6 Å². The Balaban J connectivity index is 1.64. The van der Waals surface area contributed by atoms with Gasteiger partial charge in [0.1, 0.15) is 0 Å². The molecule has 0 aliphatic rings. The Morgan fingerprint density at radius 3 is 2.07 bits per heavy atom. The number of rotatable bonds is 5. The minimum Gasteiger partial charge on any atom is -0.346 e. The van der Waals surface area contributed by atoms with Crippen LogP contribution in [0.1, 0.15) is 39.2 Å². The number of carbonyl (C=O) groups is 2. The third-order valence-corrected chi connectivity index (χ3v) is 4.37. The third-order valence-electron chi connectivity index (χ3n) is 4.14. The van der Waals surface area contributed by atoms with E-state index >= 15 is 0 Å². The van der Waals surface area contributed by atoms with Crippen LogP contribution in [0.2, 0.25) is 5.02 Å². The molecule has 3 aromatic carbocycles. The molecule has 0 spiro atoms. The summed E-state index contributed by atoms with van der Waals surface area (Å²) in [5.74, 6) is -0.449. The van der Waals surface area contributed by atoms with Crippen molar-refractivity contribution in [1.82, 2.24) is 5.32 Å². The van der Waals surface area contributed by atoms with Crippen molar-refractivity contribution in [1.29, 1.82) is 0 Å². The Hall–Kier alpha value is -3.11. The highest BCUT2D eigenvalue weighted by molar-refractivity contribution is 6.31. The van der Waals surface area contributed by atoms with Gasteiger partial charge in [-0.1, -0.05) is 48.0 Å². The van der Waals surface area contributed by atoms with E-state index in [9.17, 15) is 9.59 Å². The number of nitrogens with one attached hydrogen (secondary N) is 2. The van der Waals surface area contributed by atoms with Crippen LogP contribution < -0.4 is 10.6 Å². The van der Waals surface area contributed by atoms with Crippen LogP contribution in [0.25, 0.3) is 0 Å². The van der Waals surface area contributed by atoms with E-state index < -0.39 is 0 Å². The number of anilines is 1. The van der Waals surface area contributed by atoms with Crippen molar-refractivity contribution in [3.63, 3.8) is 0 Å². The molecule has 2 N–H and O–H groups in total. The van der Waals surface area contributed by atoms with Crippen LogP contribution in [-0.2, 0) is 0 Å². The molecular formula is C22H19ClN2O2. The van der Waals surface area contributed by atoms with Crippen molar-refractivity contribution in [3.8, 4) is 0 Å². The summed E-state index contributed by atoms with van der Waals surface area (Å²) in [5, 5.41) is 6.28. The molecule has 1 unspecified atom stereocenters. The second kappa shape index (κ2) is 8.52. The summed E-state index contributed by atoms with van der Waals surface area (Å²) < 4.78 is 0. The monoisotopic (exact) mass is 378 g/mol. The summed E-state index contributed by atoms with van der Waals surface area (Å²) in [7, 11) is 0. The molecule has 0 radical (unpaired) electrons. The van der Waals surface area contributed by atoms with Crippen molar-refractivity contribution in [2.24, 2.45) is 0 Å². The number of amides is 2. The first kappa shape index (κ1) is 18.7. The lowest BCUT2D eigenvalue weighted by atomic mass is 10.1. The molecule has 0 aromatic heterocycles. The van der Waals surface area contributed by atoms with Crippen LogP contribution in [-0.4, -0.2) is 11.8 Å². The van der Waals surface area contributed by atoms with Gasteiger partial charge >= 0.3 is 0 Å². The van der Waals surface area contributed by atoms with Crippen LogP contribution in [0.3, 0.4) is 0 Å². The first-order chi connectivity index (χ1) is 13.0. The maximum absolute atomic E-state index is 12.4. The maximum Gasteiger partial charge on any atom is 0.255 e. The molecular weight excluding hydrogens is 360 g/mol. The van der Waals surface area contributed by atoms with Crippen molar-refractivity contribution < 1.29 is 9.59 Å². The van der Waals surface area contributed by atoms with E-state index in [0.717, 1.165) is 5.56 Å². The lowest BCUT2D eigenvalue weighted by Crippen LogP contribution is -2.26. The fourth-order valence-corrected chi connectivity index (χ4v) is 2.84. The first-order valence-corrected chi connectivity index (χ1v) is 8.93. The Morgan fingerprint density at radius 2 is 1.44 bits per heavy atom. The summed E-state index contributed by atoms with van der Waals surface area (Å²) in [6, 6.07) is 23.1. The molecule has 0 aliphatic heterocycles. The summed E-state index contributed by atoms with van der Waals surface area (Å²) in [5.41, 5.74) is 2.61. The second-order valence-electron chi connectivity index (χ2n) is 6.15. The van der Waals surface area contributed by atoms with Gasteiger partial charge in [0.15, 0.2) is 0 Å². The Labute approximate surface area is 163 Å². The number of halogens is 1. The molecule has 0 bridgehead atoms. The highest BCUT2D eigenvalue weighted by Gasteiger charge is 2.12. The summed E-state index contributed by atoms with van der Waals surface area (Å²) >= 11 is 5.92. The lowest BCUT2D eigenvalue weighted by molar-refractivity contribution is 0.0938. The summed E-state index contributed by atoms with van der Waals surface area (Å²) in [6.07, 6.45) is 0. The highest BCUT2D eigenvalue weighted by atomic mass is 35.5. The number of hydrogen-bond donors (Lipinski definition) is 2. The largest absolute Gasteiger partial charge is 0.346 e. The topological polar surface area (TPSA) is 58.2 Å². The Bertz CT molecular complexity index is 940. The fourth-order valence-electron chi connectivity index (χ4n) is 2.65. The molecule has 5 heteroatoms. The zero-order valence-electron chi connectivity index (χ0n) is 14.8. The average Bonchev–Trinajstić information content (AvgIpc) is 2.68. The number of benzene rings is 3. The Morgan fingerprint density at radius 1 is 0.815 bits per heavy atom. The van der Waals surface area contributed by atoms with Gasteiger partial charge in [-0.2, -0.15) is 0 Å². The van der Waals surface area contributed by atoms with Crippen molar-refractivity contribution >= 4 is 29.1 Å². The standard InChI is InChI=1S/C22H19ClN2O2/c1-15(16-6-3-2-4-7-16)24-21(26)17-10-12-18(13-11-17)22(27)25-20-9-5-8-19(23)14-20/h2-15H,1H3,(H,24,26)(H,25,27). The van der Waals surface area contributed by atoms with Gasteiger partial charge in [0.2, 0.25) is 0 Å². The van der Waals surface area contributed by atoms with Crippen LogP contribution in [0.5, 0.6) is 0 Å². The zero-order valence-corrected chi connectivity index (χ0v) is 15.5. The van der Waals surface area contributed by atoms with E-state index in [1.54, 1.807) is 48.5 Å². The van der Waals surface area contributed by atoms with E-state index in [1.165, 1.54) is 0 Å². The molecule has 0 fully saturated rings. The summed E-state index contributed by atoms with van der Waals surface area (Å²) in [6.45, 7) is 1.93. The molecule has 0 aliphatic carbocycles. The lowest BCUT2D eigenvalue weighted by Gasteiger charge is -2.14. The van der Waals surface area contributed by atoms with E-state index in [2.05, 4.69) is 10.6 Å². The van der Waals surface area contributed by atoms with E-state index in [0.29, 0.717) is 21.8 Å². The SMILES string of the molecule is CC(NC(=O)c1ccc(C(=O)Nc2cccc(Cl)c2)cc1)c1ccccc1. The van der Waals surface area contributed by atoms with Crippen LogP contribution in [0, 0.1) is 0 Å². The van der Waals surface area contributed by atoms with Crippen LogP contribution in [0.15, 0.2) is 78.9 Å². The van der Waals surface area contributed by atoms with E-state index in [1.807, 2.05) is 37.3 Å². The molecule has 136 valence electrons. The normalized spacial score (nSPS) is 11.5. The smallest absolute Gasteiger partial charge is 0.255 e. The molecule has 2 amide bonds. The highest BCUT2D eigenvalue weighted by Crippen LogP contribution is 2.17. The van der Waals surface area contributed by atoms with Gasteiger partial charge in [-0.15, -0.1) is 0 Å². The molecule has 0 saturated heterocycles. The first-order valence-electron chi connectivity index (χ1n) is 8.56. The van der Waals surface area contributed by atoms with Crippen LogP contribution >= 0.6 is 11.6 Å². The quantitative estimate of drug-likeness (QED) is 0.650. The van der Waals surface area contributed by atoms with Gasteiger partial charge in [0.05, 0.1) is 6.04 Å². The van der Waals surface area contributed by atoms with Crippen molar-refractivity contribution in [2.45, 2.75) is 13.0 Å². The van der Waals surface area contributed by atoms with Gasteiger partial charge < -0.3 is 10.6 Å². The number of hydrogen-bond acceptors (Lipinski definition) is 2. The van der Waals surface area contributed by atoms with Gasteiger partial charge in [0, 0.05) is 21.8 Å². The maximum atomic E-state index is 12.4. The molecule has 4 nitrogen and oxygen atoms in total. The molecule has 1 atom stereocenters. The summed E-state index contributed by atoms with van der Waals surface area (Å²) in [4.78, 5) is 24.7. The molecule has 27 heavy (non-hydrogen) atoms.